The first-order valence-electron chi connectivity index (χ1n) is 9.43. The number of aryl methyl sites for hydroxylation is 1. The van der Waals surface area contributed by atoms with Gasteiger partial charge < -0.3 is 10.2 Å². The molecule has 1 aromatic heterocycles. The van der Waals surface area contributed by atoms with E-state index >= 15 is 0 Å². The number of nitrogens with one attached hydrogen (secondary N) is 2. The van der Waals surface area contributed by atoms with Crippen LogP contribution in [-0.4, -0.2) is 55.2 Å². The van der Waals surface area contributed by atoms with Gasteiger partial charge in [-0.15, -0.1) is 11.3 Å². The zero-order valence-electron chi connectivity index (χ0n) is 16.1. The van der Waals surface area contributed by atoms with Crippen molar-refractivity contribution in [2.45, 2.75) is 19.5 Å². The van der Waals surface area contributed by atoms with Gasteiger partial charge in [-0.1, -0.05) is 12.1 Å². The van der Waals surface area contributed by atoms with E-state index in [9.17, 15) is 18.0 Å². The highest BCUT2D eigenvalue weighted by atomic mass is 32.1. The lowest BCUT2D eigenvalue weighted by Crippen LogP contribution is -2.47. The molecular formula is C19H24F3N5OS. The Labute approximate surface area is 171 Å². The Bertz CT molecular complexity index is 818. The molecule has 2 heterocycles. The second kappa shape index (κ2) is 9.45. The number of piperazine rings is 1. The standard InChI is InChI=1S/C19H24F3N5OS/c1-14-4-2-5-15(12-14)27-10-8-26(9-11-27)7-3-6-23-17(28)25-18-24-16(13-29-18)19(20,21)22/h2,4-5,12-13H,3,6-11H2,1H3,(H2,23,24,25,28). The molecule has 3 rings (SSSR count). The van der Waals surface area contributed by atoms with Crippen molar-refractivity contribution in [1.82, 2.24) is 15.2 Å². The molecule has 0 spiro atoms. The average Bonchev–Trinajstić information content (AvgIpc) is 3.15. The Kier molecular flexibility index (Phi) is 6.96. The fraction of sp³-hybridized carbons (Fsp3) is 0.474. The number of hydrogen-bond donors (Lipinski definition) is 2. The fourth-order valence-electron chi connectivity index (χ4n) is 3.16. The number of halogens is 3. The van der Waals surface area contributed by atoms with Crippen LogP contribution >= 0.6 is 11.3 Å². The molecule has 2 amide bonds. The summed E-state index contributed by atoms with van der Waals surface area (Å²) in [5, 5.41) is 5.81. The first-order valence-corrected chi connectivity index (χ1v) is 10.3. The van der Waals surface area contributed by atoms with Crippen LogP contribution in [0.2, 0.25) is 0 Å². The Morgan fingerprint density at radius 2 is 2.00 bits per heavy atom. The van der Waals surface area contributed by atoms with Gasteiger partial charge in [-0.25, -0.2) is 9.78 Å². The average molecular weight is 427 g/mol. The summed E-state index contributed by atoms with van der Waals surface area (Å²) in [6, 6.07) is 7.94. The van der Waals surface area contributed by atoms with Gasteiger partial charge in [0.1, 0.15) is 0 Å². The van der Waals surface area contributed by atoms with Crippen LogP contribution in [0, 0.1) is 6.92 Å². The number of alkyl halides is 3. The van der Waals surface area contributed by atoms with E-state index in [1.807, 2.05) is 0 Å². The number of nitrogens with zero attached hydrogens (tertiary/aromatic N) is 3. The number of aromatic nitrogens is 1. The minimum Gasteiger partial charge on any atom is -0.369 e. The third-order valence-electron chi connectivity index (χ3n) is 4.69. The summed E-state index contributed by atoms with van der Waals surface area (Å²) >= 11 is 0.750. The molecule has 0 unspecified atom stereocenters. The summed E-state index contributed by atoms with van der Waals surface area (Å²) in [5.74, 6) is 0. The monoisotopic (exact) mass is 427 g/mol. The number of hydrogen-bond acceptors (Lipinski definition) is 5. The molecule has 0 radical (unpaired) electrons. The van der Waals surface area contributed by atoms with Crippen LogP contribution in [0.25, 0.3) is 0 Å². The van der Waals surface area contributed by atoms with E-state index in [4.69, 9.17) is 0 Å². The van der Waals surface area contributed by atoms with E-state index in [2.05, 4.69) is 56.6 Å². The Morgan fingerprint density at radius 3 is 2.66 bits per heavy atom. The number of anilines is 2. The highest BCUT2D eigenvalue weighted by molar-refractivity contribution is 7.13. The van der Waals surface area contributed by atoms with Crippen molar-refractivity contribution >= 4 is 28.2 Å². The Hall–Kier alpha value is -2.33. The van der Waals surface area contributed by atoms with Gasteiger partial charge in [-0.3, -0.25) is 10.2 Å². The minimum absolute atomic E-state index is 0.0675. The smallest absolute Gasteiger partial charge is 0.369 e. The lowest BCUT2D eigenvalue weighted by Gasteiger charge is -2.36. The normalized spacial score (nSPS) is 15.4. The van der Waals surface area contributed by atoms with Crippen LogP contribution < -0.4 is 15.5 Å². The summed E-state index contributed by atoms with van der Waals surface area (Å²) in [4.78, 5) is 19.9. The molecule has 29 heavy (non-hydrogen) atoms. The van der Waals surface area contributed by atoms with Crippen molar-refractivity contribution in [3.05, 3.63) is 40.9 Å². The Balaban J connectivity index is 1.32. The van der Waals surface area contributed by atoms with Crippen molar-refractivity contribution in [1.29, 1.82) is 0 Å². The highest BCUT2D eigenvalue weighted by Crippen LogP contribution is 2.31. The van der Waals surface area contributed by atoms with Gasteiger partial charge >= 0.3 is 12.2 Å². The quantitative estimate of drug-likeness (QED) is 0.689. The Morgan fingerprint density at radius 1 is 1.24 bits per heavy atom. The van der Waals surface area contributed by atoms with E-state index in [0.29, 0.717) is 6.54 Å². The minimum atomic E-state index is -4.50. The van der Waals surface area contributed by atoms with Crippen LogP contribution in [-0.2, 0) is 6.18 Å². The van der Waals surface area contributed by atoms with Crippen LogP contribution in [0.1, 0.15) is 17.7 Å². The third kappa shape index (κ3) is 6.33. The maximum Gasteiger partial charge on any atom is 0.434 e. The molecule has 0 saturated carbocycles. The third-order valence-corrected chi connectivity index (χ3v) is 5.45. The fourth-order valence-corrected chi connectivity index (χ4v) is 3.87. The van der Waals surface area contributed by atoms with Gasteiger partial charge in [0.15, 0.2) is 10.8 Å². The van der Waals surface area contributed by atoms with Crippen molar-refractivity contribution in [3.8, 4) is 0 Å². The molecule has 2 N–H and O–H groups in total. The number of rotatable bonds is 6. The summed E-state index contributed by atoms with van der Waals surface area (Å²) in [7, 11) is 0. The summed E-state index contributed by atoms with van der Waals surface area (Å²) in [5.41, 5.74) is 1.50. The molecule has 1 aliphatic rings. The topological polar surface area (TPSA) is 60.5 Å². The van der Waals surface area contributed by atoms with E-state index in [0.717, 1.165) is 55.9 Å². The van der Waals surface area contributed by atoms with Gasteiger partial charge in [-0.2, -0.15) is 13.2 Å². The van der Waals surface area contributed by atoms with Gasteiger partial charge in [-0.05, 0) is 37.6 Å². The molecule has 1 saturated heterocycles. The van der Waals surface area contributed by atoms with Crippen molar-refractivity contribution in [2.24, 2.45) is 0 Å². The molecule has 0 bridgehead atoms. The summed E-state index contributed by atoms with van der Waals surface area (Å²) in [6.07, 6.45) is -3.74. The van der Waals surface area contributed by atoms with Crippen LogP contribution in [0.5, 0.6) is 0 Å². The van der Waals surface area contributed by atoms with Crippen molar-refractivity contribution in [2.75, 3.05) is 49.5 Å². The molecule has 0 atom stereocenters. The number of amides is 2. The van der Waals surface area contributed by atoms with Crippen LogP contribution in [0.4, 0.5) is 28.8 Å². The second-order valence-corrected chi connectivity index (χ2v) is 7.80. The predicted molar refractivity (Wildman–Crippen MR) is 109 cm³/mol. The molecular weight excluding hydrogens is 403 g/mol. The van der Waals surface area contributed by atoms with Gasteiger partial charge in [0.25, 0.3) is 0 Å². The number of carbonyl (C=O) groups is 1. The van der Waals surface area contributed by atoms with Crippen molar-refractivity contribution < 1.29 is 18.0 Å². The van der Waals surface area contributed by atoms with Crippen molar-refractivity contribution in [3.63, 3.8) is 0 Å². The number of thiazole rings is 1. The molecule has 2 aromatic rings. The second-order valence-electron chi connectivity index (χ2n) is 6.94. The van der Waals surface area contributed by atoms with Crippen LogP contribution in [0.3, 0.4) is 0 Å². The first kappa shape index (κ1) is 21.4. The first-order chi connectivity index (χ1) is 13.8. The van der Waals surface area contributed by atoms with E-state index in [1.54, 1.807) is 0 Å². The number of urea groups is 1. The lowest BCUT2D eigenvalue weighted by atomic mass is 10.2. The molecule has 158 valence electrons. The molecule has 1 fully saturated rings. The van der Waals surface area contributed by atoms with Gasteiger partial charge in [0, 0.05) is 43.8 Å². The number of benzene rings is 1. The summed E-state index contributed by atoms with van der Waals surface area (Å²) < 4.78 is 37.5. The number of carbonyl (C=O) groups excluding carboxylic acids is 1. The van der Waals surface area contributed by atoms with E-state index < -0.39 is 17.9 Å². The maximum absolute atomic E-state index is 12.5. The van der Waals surface area contributed by atoms with Gasteiger partial charge in [0.2, 0.25) is 0 Å². The molecule has 1 aromatic carbocycles. The maximum atomic E-state index is 12.5. The molecule has 0 aliphatic carbocycles. The summed E-state index contributed by atoms with van der Waals surface area (Å²) in [6.45, 7) is 7.23. The zero-order chi connectivity index (χ0) is 20.9. The van der Waals surface area contributed by atoms with Crippen LogP contribution in [0.15, 0.2) is 29.6 Å². The predicted octanol–water partition coefficient (Wildman–Crippen LogP) is 3.80. The van der Waals surface area contributed by atoms with Gasteiger partial charge in [0.05, 0.1) is 0 Å². The van der Waals surface area contributed by atoms with E-state index in [1.165, 1.54) is 11.3 Å². The molecule has 1 aliphatic heterocycles. The molecule has 6 nitrogen and oxygen atoms in total. The molecule has 10 heteroatoms. The zero-order valence-corrected chi connectivity index (χ0v) is 16.9. The highest BCUT2D eigenvalue weighted by Gasteiger charge is 2.33. The lowest BCUT2D eigenvalue weighted by molar-refractivity contribution is -0.140. The largest absolute Gasteiger partial charge is 0.434 e. The van der Waals surface area contributed by atoms with E-state index in [-0.39, 0.29) is 5.13 Å². The SMILES string of the molecule is Cc1cccc(N2CCN(CCCNC(=O)Nc3nc(C(F)(F)F)cs3)CC2)c1.